The number of benzene rings is 1. The molecule has 0 spiro atoms. The van der Waals surface area contributed by atoms with Gasteiger partial charge in [-0.3, -0.25) is 4.79 Å². The van der Waals surface area contributed by atoms with Crippen molar-refractivity contribution < 1.29 is 14.7 Å². The highest BCUT2D eigenvalue weighted by Crippen LogP contribution is 2.20. The summed E-state index contributed by atoms with van der Waals surface area (Å²) in [5.74, 6) is -1.41. The molecule has 0 radical (unpaired) electrons. The van der Waals surface area contributed by atoms with Gasteiger partial charge in [-0.25, -0.2) is 9.78 Å². The maximum atomic E-state index is 12.0. The van der Waals surface area contributed by atoms with Crippen LogP contribution in [0.4, 0.5) is 5.69 Å². The van der Waals surface area contributed by atoms with Crippen LogP contribution in [0.3, 0.4) is 0 Å². The van der Waals surface area contributed by atoms with Crippen molar-refractivity contribution >= 4 is 28.9 Å². The number of anilines is 1. The van der Waals surface area contributed by atoms with E-state index in [1.54, 1.807) is 24.4 Å². The molecule has 104 valence electrons. The minimum atomic E-state index is -1.03. The standard InChI is InChI=1S/C13H13N3O3S/c1-7-8(13(18)19)3-2-4-9(7)16-12(17)10-6-20-11(5-14)15-10/h2-4,6H,5,14H2,1H3,(H,16,17)(H,18,19). The van der Waals surface area contributed by atoms with Crippen molar-refractivity contribution in [1.82, 2.24) is 4.98 Å². The number of nitrogens with two attached hydrogens (primary N) is 1. The first-order valence-electron chi connectivity index (χ1n) is 5.81. The van der Waals surface area contributed by atoms with E-state index in [0.717, 1.165) is 0 Å². The van der Waals surface area contributed by atoms with Crippen molar-refractivity contribution in [2.24, 2.45) is 5.73 Å². The van der Waals surface area contributed by atoms with Gasteiger partial charge in [-0.15, -0.1) is 11.3 Å². The third-order valence-electron chi connectivity index (χ3n) is 2.77. The molecule has 0 bridgehead atoms. The van der Waals surface area contributed by atoms with Crippen molar-refractivity contribution in [3.8, 4) is 0 Å². The Morgan fingerprint density at radius 1 is 1.45 bits per heavy atom. The van der Waals surface area contributed by atoms with Gasteiger partial charge in [0.25, 0.3) is 5.91 Å². The summed E-state index contributed by atoms with van der Waals surface area (Å²) in [6.07, 6.45) is 0. The highest BCUT2D eigenvalue weighted by Gasteiger charge is 2.14. The molecule has 4 N–H and O–H groups in total. The van der Waals surface area contributed by atoms with Crippen LogP contribution in [-0.2, 0) is 6.54 Å². The number of nitrogens with zero attached hydrogens (tertiary/aromatic N) is 1. The lowest BCUT2D eigenvalue weighted by molar-refractivity contribution is 0.0695. The number of nitrogens with one attached hydrogen (secondary N) is 1. The number of carboxylic acids is 1. The van der Waals surface area contributed by atoms with Gasteiger partial charge in [0.05, 0.1) is 5.56 Å². The molecule has 1 heterocycles. The number of carboxylic acid groups (broad SMARTS) is 1. The first-order valence-corrected chi connectivity index (χ1v) is 6.69. The zero-order valence-corrected chi connectivity index (χ0v) is 11.5. The second kappa shape index (κ2) is 5.81. The summed E-state index contributed by atoms with van der Waals surface area (Å²) in [5.41, 5.74) is 6.83. The Morgan fingerprint density at radius 2 is 2.20 bits per heavy atom. The fourth-order valence-corrected chi connectivity index (χ4v) is 2.35. The molecule has 0 saturated heterocycles. The summed E-state index contributed by atoms with van der Waals surface area (Å²) in [7, 11) is 0. The molecule has 7 heteroatoms. The Morgan fingerprint density at radius 3 is 2.80 bits per heavy atom. The van der Waals surface area contributed by atoms with E-state index in [2.05, 4.69) is 10.3 Å². The van der Waals surface area contributed by atoms with Crippen molar-refractivity contribution in [2.45, 2.75) is 13.5 Å². The number of carbonyl (C=O) groups excluding carboxylic acids is 1. The highest BCUT2D eigenvalue weighted by molar-refractivity contribution is 7.09. The van der Waals surface area contributed by atoms with E-state index in [1.165, 1.54) is 17.4 Å². The minimum Gasteiger partial charge on any atom is -0.478 e. The number of hydrogen-bond acceptors (Lipinski definition) is 5. The molecule has 0 aliphatic heterocycles. The molecule has 0 aliphatic rings. The molecule has 0 aliphatic carbocycles. The van der Waals surface area contributed by atoms with Crippen molar-refractivity contribution in [3.05, 3.63) is 45.4 Å². The molecule has 0 saturated carbocycles. The highest BCUT2D eigenvalue weighted by atomic mass is 32.1. The molecule has 1 amide bonds. The maximum Gasteiger partial charge on any atom is 0.336 e. The molecule has 2 rings (SSSR count). The average Bonchev–Trinajstić information content (AvgIpc) is 2.89. The molecular formula is C13H13N3O3S. The molecular weight excluding hydrogens is 278 g/mol. The molecule has 6 nitrogen and oxygen atoms in total. The van der Waals surface area contributed by atoms with Crippen LogP contribution in [0.2, 0.25) is 0 Å². The van der Waals surface area contributed by atoms with Crippen LogP contribution in [0.1, 0.15) is 31.4 Å². The van der Waals surface area contributed by atoms with Crippen molar-refractivity contribution in [3.63, 3.8) is 0 Å². The van der Waals surface area contributed by atoms with Crippen LogP contribution in [0.15, 0.2) is 23.6 Å². The Hall–Kier alpha value is -2.25. The fourth-order valence-electron chi connectivity index (χ4n) is 1.70. The lowest BCUT2D eigenvalue weighted by Crippen LogP contribution is -2.14. The van der Waals surface area contributed by atoms with Crippen molar-refractivity contribution in [2.75, 3.05) is 5.32 Å². The van der Waals surface area contributed by atoms with Gasteiger partial charge < -0.3 is 16.2 Å². The lowest BCUT2D eigenvalue weighted by Gasteiger charge is -2.09. The van der Waals surface area contributed by atoms with E-state index in [9.17, 15) is 9.59 Å². The quantitative estimate of drug-likeness (QED) is 0.797. The fraction of sp³-hybridized carbons (Fsp3) is 0.154. The smallest absolute Gasteiger partial charge is 0.336 e. The summed E-state index contributed by atoms with van der Waals surface area (Å²) < 4.78 is 0. The zero-order chi connectivity index (χ0) is 14.7. The number of amides is 1. The van der Waals surface area contributed by atoms with E-state index in [1.807, 2.05) is 0 Å². The van der Waals surface area contributed by atoms with Crippen molar-refractivity contribution in [1.29, 1.82) is 0 Å². The predicted molar refractivity (Wildman–Crippen MR) is 76.1 cm³/mol. The summed E-state index contributed by atoms with van der Waals surface area (Å²) >= 11 is 1.31. The van der Waals surface area contributed by atoms with Crippen LogP contribution < -0.4 is 11.1 Å². The molecule has 20 heavy (non-hydrogen) atoms. The van der Waals surface area contributed by atoms with Crippen LogP contribution >= 0.6 is 11.3 Å². The zero-order valence-electron chi connectivity index (χ0n) is 10.7. The van der Waals surface area contributed by atoms with Gasteiger partial charge in [-0.2, -0.15) is 0 Å². The van der Waals surface area contributed by atoms with Gasteiger partial charge in [0.1, 0.15) is 10.7 Å². The second-order valence-corrected chi connectivity index (χ2v) is 5.01. The average molecular weight is 291 g/mol. The van der Waals surface area contributed by atoms with Crippen LogP contribution in [-0.4, -0.2) is 22.0 Å². The Kier molecular flexibility index (Phi) is 4.11. The molecule has 2 aromatic rings. The molecule has 1 aromatic carbocycles. The van der Waals surface area contributed by atoms with Crippen LogP contribution in [0.25, 0.3) is 0 Å². The van der Waals surface area contributed by atoms with E-state index in [-0.39, 0.29) is 23.7 Å². The number of hydrogen-bond donors (Lipinski definition) is 3. The lowest BCUT2D eigenvalue weighted by atomic mass is 10.1. The molecule has 1 aromatic heterocycles. The Labute approximate surface area is 119 Å². The van der Waals surface area contributed by atoms with Gasteiger partial charge in [0.15, 0.2) is 0 Å². The van der Waals surface area contributed by atoms with Crippen LogP contribution in [0, 0.1) is 6.92 Å². The van der Waals surface area contributed by atoms with E-state index in [0.29, 0.717) is 16.3 Å². The van der Waals surface area contributed by atoms with Gasteiger partial charge in [-0.1, -0.05) is 6.07 Å². The number of rotatable bonds is 4. The summed E-state index contributed by atoms with van der Waals surface area (Å²) in [4.78, 5) is 27.1. The van der Waals surface area contributed by atoms with E-state index in [4.69, 9.17) is 10.8 Å². The number of aromatic nitrogens is 1. The molecule has 0 fully saturated rings. The van der Waals surface area contributed by atoms with E-state index < -0.39 is 5.97 Å². The number of carbonyl (C=O) groups is 2. The minimum absolute atomic E-state index is 0.156. The summed E-state index contributed by atoms with van der Waals surface area (Å²) in [6, 6.07) is 4.72. The number of aromatic carboxylic acids is 1. The first kappa shape index (κ1) is 14.2. The molecule has 0 atom stereocenters. The van der Waals surface area contributed by atoms with E-state index >= 15 is 0 Å². The van der Waals surface area contributed by atoms with Gasteiger partial charge in [-0.05, 0) is 24.6 Å². The topological polar surface area (TPSA) is 105 Å². The largest absolute Gasteiger partial charge is 0.478 e. The van der Waals surface area contributed by atoms with Gasteiger partial charge >= 0.3 is 5.97 Å². The molecule has 0 unspecified atom stereocenters. The first-order chi connectivity index (χ1) is 9.52. The Bertz CT molecular complexity index is 667. The van der Waals surface area contributed by atoms with Gasteiger partial charge in [0.2, 0.25) is 0 Å². The predicted octanol–water partition coefficient (Wildman–Crippen LogP) is 1.86. The monoisotopic (exact) mass is 291 g/mol. The van der Waals surface area contributed by atoms with Gasteiger partial charge in [0, 0.05) is 17.6 Å². The summed E-state index contributed by atoms with van der Waals surface area (Å²) in [5, 5.41) is 14.0. The second-order valence-electron chi connectivity index (χ2n) is 4.07. The normalized spacial score (nSPS) is 10.3. The SMILES string of the molecule is Cc1c(NC(=O)c2csc(CN)n2)cccc1C(=O)O. The Balaban J connectivity index is 2.24. The maximum absolute atomic E-state index is 12.0. The third-order valence-corrected chi connectivity index (χ3v) is 3.64. The third kappa shape index (κ3) is 2.84. The number of thiazole rings is 1. The van der Waals surface area contributed by atoms with Crippen LogP contribution in [0.5, 0.6) is 0 Å². The summed E-state index contributed by atoms with van der Waals surface area (Å²) in [6.45, 7) is 1.93.